The van der Waals surface area contributed by atoms with E-state index in [9.17, 15) is 0 Å². The molecule has 0 spiro atoms. The van der Waals surface area contributed by atoms with Crippen molar-refractivity contribution < 1.29 is 0 Å². The standard InChI is InChI=1S/C72H75B2NSi/c1-46(2)54-41-59(48(5)6)71(60(42-54)49(7)8)73-63-29-19-20-30-64(63)74(72-61(50(9)10)43-55(47(3)4)44-62(72)51(11)12)66-45-53(37-40-65(66)73)52-35-38-56(39-36-52)75-67-31-21-23-33-69(67)76(57-25-15-13-16-26-57,58-27-17-14-18-28-58)70-34-24-22-32-68(70)75/h13-51H,1-12H3. The Bertz CT molecular complexity index is 3420. The minimum atomic E-state index is -2.72. The molecule has 0 radical (unpaired) electrons. The summed E-state index contributed by atoms with van der Waals surface area (Å²) in [6.07, 6.45) is 0. The lowest BCUT2D eigenvalue weighted by Crippen LogP contribution is -2.77. The number of fused-ring (bicyclic) bond motifs is 4. The van der Waals surface area contributed by atoms with Crippen LogP contribution in [0.3, 0.4) is 0 Å². The molecule has 4 heteroatoms. The molecule has 0 atom stereocenters. The van der Waals surface area contributed by atoms with Crippen LogP contribution in [0, 0.1) is 0 Å². The van der Waals surface area contributed by atoms with E-state index in [0.29, 0.717) is 35.5 Å². The van der Waals surface area contributed by atoms with E-state index >= 15 is 0 Å². The van der Waals surface area contributed by atoms with Crippen molar-refractivity contribution in [2.45, 2.75) is 119 Å². The van der Waals surface area contributed by atoms with Crippen LogP contribution in [0.25, 0.3) is 11.1 Å². The van der Waals surface area contributed by atoms with Crippen molar-refractivity contribution in [2.75, 3.05) is 4.90 Å². The number of hydrogen-bond acceptors (Lipinski definition) is 1. The lowest BCUT2D eigenvalue weighted by Gasteiger charge is -2.45. The molecule has 0 aliphatic carbocycles. The Balaban J connectivity index is 1.12. The highest BCUT2D eigenvalue weighted by Crippen LogP contribution is 2.39. The average Bonchev–Trinajstić information content (AvgIpc) is 3.63. The third-order valence-electron chi connectivity index (χ3n) is 17.2. The molecule has 0 fully saturated rings. The van der Waals surface area contributed by atoms with Crippen LogP contribution >= 0.6 is 0 Å². The quantitative estimate of drug-likeness (QED) is 0.110. The molecule has 0 saturated carbocycles. The summed E-state index contributed by atoms with van der Waals surface area (Å²) < 4.78 is 0. The number of para-hydroxylation sites is 2. The van der Waals surface area contributed by atoms with Gasteiger partial charge in [0.05, 0.1) is 0 Å². The van der Waals surface area contributed by atoms with Gasteiger partial charge in [-0.3, -0.25) is 0 Å². The van der Waals surface area contributed by atoms with E-state index in [1.807, 2.05) is 0 Å². The molecule has 2 aliphatic rings. The van der Waals surface area contributed by atoms with E-state index in [1.165, 1.54) is 109 Å². The second-order valence-corrected chi connectivity index (χ2v) is 27.6. The van der Waals surface area contributed by atoms with Gasteiger partial charge in [-0.05, 0) is 125 Å². The maximum Gasteiger partial charge on any atom is 0.240 e. The van der Waals surface area contributed by atoms with Gasteiger partial charge >= 0.3 is 0 Å². The number of hydrogen-bond donors (Lipinski definition) is 0. The van der Waals surface area contributed by atoms with Crippen molar-refractivity contribution in [2.24, 2.45) is 0 Å². The van der Waals surface area contributed by atoms with Gasteiger partial charge in [0.25, 0.3) is 0 Å². The van der Waals surface area contributed by atoms with Gasteiger partial charge in [-0.15, -0.1) is 0 Å². The summed E-state index contributed by atoms with van der Waals surface area (Å²) in [6, 6.07) is 78.0. The molecule has 0 unspecified atom stereocenters. The summed E-state index contributed by atoms with van der Waals surface area (Å²) in [6.45, 7) is 28.8. The molecule has 9 aromatic rings. The Morgan fingerprint density at radius 3 is 1.08 bits per heavy atom. The second-order valence-electron chi connectivity index (χ2n) is 23.9. The topological polar surface area (TPSA) is 3.24 Å². The van der Waals surface area contributed by atoms with E-state index in [2.05, 4.69) is 288 Å². The summed E-state index contributed by atoms with van der Waals surface area (Å²) in [4.78, 5) is 2.53. The number of rotatable bonds is 12. The van der Waals surface area contributed by atoms with E-state index in [-0.39, 0.29) is 13.4 Å². The van der Waals surface area contributed by atoms with Crippen LogP contribution < -0.4 is 58.4 Å². The first-order valence-electron chi connectivity index (χ1n) is 28.5. The summed E-state index contributed by atoms with van der Waals surface area (Å²) in [5.41, 5.74) is 23.7. The average molecular weight is 1000 g/mol. The highest BCUT2D eigenvalue weighted by atomic mass is 28.3. The van der Waals surface area contributed by atoms with Crippen molar-refractivity contribution in [3.63, 3.8) is 0 Å². The maximum absolute atomic E-state index is 2.72. The summed E-state index contributed by atoms with van der Waals surface area (Å²) in [5.74, 6) is 2.35. The van der Waals surface area contributed by atoms with Gasteiger partial charge < -0.3 is 4.90 Å². The fraction of sp³-hybridized carbons (Fsp3) is 0.250. The molecule has 0 amide bonds. The molecular weight excluding hydrogens is 929 g/mol. The SMILES string of the molecule is CC(C)c1cc(C(C)C)c(B2c3ccccc3B(c3c(C(C)C)cc(C(C)C)cc3C(C)C)c3cc(-c4ccc(N5c6ccccc6[Si](c6ccccc6)(c6ccccc6)c6ccccc65)cc4)ccc32)c(C(C)C)c1. The molecule has 76 heavy (non-hydrogen) atoms. The number of benzene rings is 9. The third kappa shape index (κ3) is 8.56. The molecule has 0 saturated heterocycles. The van der Waals surface area contributed by atoms with Crippen molar-refractivity contribution in [3.05, 3.63) is 234 Å². The maximum atomic E-state index is 2.61. The minimum absolute atomic E-state index is 0.0673. The van der Waals surface area contributed by atoms with Crippen molar-refractivity contribution >= 4 is 92.1 Å². The second kappa shape index (κ2) is 20.6. The Morgan fingerprint density at radius 1 is 0.316 bits per heavy atom. The lowest BCUT2D eigenvalue weighted by atomic mass is 9.20. The molecular formula is C72H75B2NSi. The monoisotopic (exact) mass is 1000 g/mol. The summed E-state index contributed by atoms with van der Waals surface area (Å²) >= 11 is 0. The smallest absolute Gasteiger partial charge is 0.240 e. The van der Waals surface area contributed by atoms with E-state index in [4.69, 9.17) is 0 Å². The Hall–Kier alpha value is -6.87. The molecule has 0 N–H and O–H groups in total. The Kier molecular flexibility index (Phi) is 13.9. The van der Waals surface area contributed by atoms with Gasteiger partial charge in [0.15, 0.2) is 8.07 Å². The normalized spacial score (nSPS) is 13.7. The van der Waals surface area contributed by atoms with Crippen LogP contribution in [0.5, 0.6) is 0 Å². The molecule has 0 bridgehead atoms. The molecule has 11 rings (SSSR count). The molecule has 2 aliphatic heterocycles. The zero-order chi connectivity index (χ0) is 53.2. The lowest BCUT2D eigenvalue weighted by molar-refractivity contribution is 0.812. The van der Waals surface area contributed by atoms with Gasteiger partial charge in [0.1, 0.15) is 0 Å². The minimum Gasteiger partial charge on any atom is -0.311 e. The van der Waals surface area contributed by atoms with Crippen LogP contribution in [-0.4, -0.2) is 21.5 Å². The molecule has 378 valence electrons. The van der Waals surface area contributed by atoms with E-state index in [1.54, 1.807) is 0 Å². The van der Waals surface area contributed by atoms with Crippen LogP contribution in [0.2, 0.25) is 0 Å². The zero-order valence-corrected chi connectivity index (χ0v) is 48.1. The number of nitrogens with zero attached hydrogens (tertiary/aromatic N) is 1. The van der Waals surface area contributed by atoms with Crippen LogP contribution in [0.15, 0.2) is 200 Å². The van der Waals surface area contributed by atoms with Gasteiger partial charge in [0.2, 0.25) is 13.4 Å². The predicted molar refractivity (Wildman–Crippen MR) is 337 cm³/mol. The first kappa shape index (κ1) is 51.2. The van der Waals surface area contributed by atoms with Crippen molar-refractivity contribution in [1.29, 1.82) is 0 Å². The van der Waals surface area contributed by atoms with E-state index in [0.717, 1.165) is 5.69 Å². The van der Waals surface area contributed by atoms with E-state index < -0.39 is 8.07 Å². The highest BCUT2D eigenvalue weighted by molar-refractivity contribution is 7.21. The fourth-order valence-corrected chi connectivity index (χ4v) is 18.5. The number of anilines is 3. The molecule has 1 nitrogen and oxygen atoms in total. The fourth-order valence-electron chi connectivity index (χ4n) is 13.4. The Morgan fingerprint density at radius 2 is 0.671 bits per heavy atom. The van der Waals surface area contributed by atoms with Crippen LogP contribution in [0.1, 0.15) is 152 Å². The predicted octanol–water partition coefficient (Wildman–Crippen LogP) is 12.6. The summed E-state index contributed by atoms with van der Waals surface area (Å²) in [7, 11) is -2.72. The highest BCUT2D eigenvalue weighted by Gasteiger charge is 2.49. The molecule has 0 aromatic heterocycles. The largest absolute Gasteiger partial charge is 0.311 e. The first-order chi connectivity index (χ1) is 36.7. The van der Waals surface area contributed by atoms with Crippen LogP contribution in [0.4, 0.5) is 17.1 Å². The Labute approximate surface area is 457 Å². The first-order valence-corrected chi connectivity index (χ1v) is 30.5. The van der Waals surface area contributed by atoms with Gasteiger partial charge in [-0.1, -0.05) is 292 Å². The molecule has 9 aromatic carbocycles. The molecule has 2 heterocycles. The summed E-state index contributed by atoms with van der Waals surface area (Å²) in [5, 5.41) is 5.62. The van der Waals surface area contributed by atoms with Crippen molar-refractivity contribution in [3.8, 4) is 11.1 Å². The van der Waals surface area contributed by atoms with Crippen LogP contribution in [-0.2, 0) is 0 Å². The van der Waals surface area contributed by atoms with Gasteiger partial charge in [-0.2, -0.15) is 0 Å². The van der Waals surface area contributed by atoms with Gasteiger partial charge in [-0.25, -0.2) is 0 Å². The zero-order valence-electron chi connectivity index (χ0n) is 47.1. The van der Waals surface area contributed by atoms with Gasteiger partial charge in [0, 0.05) is 17.1 Å². The van der Waals surface area contributed by atoms with Crippen molar-refractivity contribution in [1.82, 2.24) is 0 Å². The third-order valence-corrected chi connectivity index (χ3v) is 22.1.